The summed E-state index contributed by atoms with van der Waals surface area (Å²) >= 11 is 0. The molecule has 0 bridgehead atoms. The molecule has 1 N–H and O–H groups in total. The van der Waals surface area contributed by atoms with E-state index in [9.17, 15) is 13.6 Å². The van der Waals surface area contributed by atoms with Crippen molar-refractivity contribution in [2.24, 2.45) is 5.92 Å². The highest BCUT2D eigenvalue weighted by atomic mass is 19.1. The maximum Gasteiger partial charge on any atom is 0.317 e. The van der Waals surface area contributed by atoms with Gasteiger partial charge in [0, 0.05) is 24.7 Å². The summed E-state index contributed by atoms with van der Waals surface area (Å²) in [4.78, 5) is 13.8. The molecular formula is C17H24F2N2O. The standard InChI is InChI=1S/C17H24F2N2O/c1-12(2)20-17(22)21-10-4-5-13(11-21)8-9-14-15(18)6-3-7-16(14)19/h3,6-7,12-13H,4-5,8-11H2,1-2H3,(H,20,22)/t13-/m1/s1. The van der Waals surface area contributed by atoms with Crippen LogP contribution in [-0.4, -0.2) is 30.1 Å². The first-order chi connectivity index (χ1) is 10.5. The van der Waals surface area contributed by atoms with E-state index in [1.54, 1.807) is 0 Å². The Morgan fingerprint density at radius 2 is 2.05 bits per heavy atom. The van der Waals surface area contributed by atoms with E-state index in [1.165, 1.54) is 18.2 Å². The molecule has 5 heteroatoms. The van der Waals surface area contributed by atoms with Gasteiger partial charge in [-0.05, 0) is 57.6 Å². The van der Waals surface area contributed by atoms with Crippen molar-refractivity contribution < 1.29 is 13.6 Å². The molecule has 0 aromatic heterocycles. The molecule has 0 aliphatic carbocycles. The van der Waals surface area contributed by atoms with Crippen LogP contribution in [0.5, 0.6) is 0 Å². The monoisotopic (exact) mass is 310 g/mol. The van der Waals surface area contributed by atoms with Crippen molar-refractivity contribution in [1.29, 1.82) is 0 Å². The summed E-state index contributed by atoms with van der Waals surface area (Å²) in [6.45, 7) is 5.28. The van der Waals surface area contributed by atoms with Gasteiger partial charge in [0.15, 0.2) is 0 Å². The van der Waals surface area contributed by atoms with E-state index in [1.807, 2.05) is 18.7 Å². The molecule has 0 saturated carbocycles. The predicted octanol–water partition coefficient (Wildman–Crippen LogP) is 3.73. The molecule has 1 saturated heterocycles. The minimum atomic E-state index is -0.481. The van der Waals surface area contributed by atoms with Crippen molar-refractivity contribution in [3.63, 3.8) is 0 Å². The van der Waals surface area contributed by atoms with E-state index >= 15 is 0 Å². The van der Waals surface area contributed by atoms with E-state index in [0.29, 0.717) is 25.3 Å². The van der Waals surface area contributed by atoms with Crippen molar-refractivity contribution in [2.45, 2.75) is 45.6 Å². The van der Waals surface area contributed by atoms with Gasteiger partial charge in [-0.15, -0.1) is 0 Å². The number of likely N-dealkylation sites (tertiary alicyclic amines) is 1. The van der Waals surface area contributed by atoms with Gasteiger partial charge in [0.05, 0.1) is 0 Å². The number of nitrogens with one attached hydrogen (secondary N) is 1. The van der Waals surface area contributed by atoms with Crippen LogP contribution in [0, 0.1) is 17.6 Å². The van der Waals surface area contributed by atoms with Gasteiger partial charge in [-0.1, -0.05) is 6.07 Å². The number of carbonyl (C=O) groups is 1. The maximum atomic E-state index is 13.6. The van der Waals surface area contributed by atoms with Gasteiger partial charge in [-0.3, -0.25) is 0 Å². The Kier molecular flexibility index (Phi) is 5.75. The number of urea groups is 1. The molecule has 1 aromatic rings. The molecule has 1 aliphatic rings. The second-order valence-electron chi connectivity index (χ2n) is 6.30. The van der Waals surface area contributed by atoms with Crippen LogP contribution < -0.4 is 5.32 Å². The van der Waals surface area contributed by atoms with Crippen LogP contribution in [0.4, 0.5) is 13.6 Å². The summed E-state index contributed by atoms with van der Waals surface area (Å²) in [5.74, 6) is -0.666. The Balaban J connectivity index is 1.89. The van der Waals surface area contributed by atoms with Crippen molar-refractivity contribution >= 4 is 6.03 Å². The molecule has 2 rings (SSSR count). The molecule has 22 heavy (non-hydrogen) atoms. The third kappa shape index (κ3) is 4.42. The highest BCUT2D eigenvalue weighted by Gasteiger charge is 2.24. The average Bonchev–Trinajstić information content (AvgIpc) is 2.46. The molecule has 0 spiro atoms. The summed E-state index contributed by atoms with van der Waals surface area (Å²) in [5.41, 5.74) is 0.159. The average molecular weight is 310 g/mol. The molecule has 0 unspecified atom stereocenters. The van der Waals surface area contributed by atoms with Crippen LogP contribution in [0.25, 0.3) is 0 Å². The fourth-order valence-electron chi connectivity index (χ4n) is 2.94. The normalized spacial score (nSPS) is 18.6. The Hall–Kier alpha value is -1.65. The Morgan fingerprint density at radius 1 is 1.36 bits per heavy atom. The van der Waals surface area contributed by atoms with Crippen molar-refractivity contribution in [3.8, 4) is 0 Å². The number of piperidine rings is 1. The summed E-state index contributed by atoms with van der Waals surface area (Å²) < 4.78 is 27.3. The molecule has 3 nitrogen and oxygen atoms in total. The second-order valence-corrected chi connectivity index (χ2v) is 6.30. The largest absolute Gasteiger partial charge is 0.336 e. The lowest BCUT2D eigenvalue weighted by molar-refractivity contribution is 0.160. The first-order valence-corrected chi connectivity index (χ1v) is 7.95. The molecule has 1 aliphatic heterocycles. The van der Waals surface area contributed by atoms with Gasteiger partial charge in [-0.25, -0.2) is 13.6 Å². The first-order valence-electron chi connectivity index (χ1n) is 7.95. The zero-order valence-corrected chi connectivity index (χ0v) is 13.2. The van der Waals surface area contributed by atoms with Crippen molar-refractivity contribution in [3.05, 3.63) is 35.4 Å². The predicted molar refractivity (Wildman–Crippen MR) is 82.6 cm³/mol. The van der Waals surface area contributed by atoms with E-state index < -0.39 is 11.6 Å². The van der Waals surface area contributed by atoms with Gasteiger partial charge in [0.2, 0.25) is 0 Å². The molecule has 0 radical (unpaired) electrons. The molecule has 1 aromatic carbocycles. The third-order valence-corrected chi connectivity index (χ3v) is 4.08. The lowest BCUT2D eigenvalue weighted by Gasteiger charge is -2.33. The van der Waals surface area contributed by atoms with Gasteiger partial charge in [-0.2, -0.15) is 0 Å². The van der Waals surface area contributed by atoms with Crippen LogP contribution >= 0.6 is 0 Å². The number of hydrogen-bond acceptors (Lipinski definition) is 1. The SMILES string of the molecule is CC(C)NC(=O)N1CCC[C@H](CCc2c(F)cccc2F)C1. The molecular weight excluding hydrogens is 286 g/mol. The summed E-state index contributed by atoms with van der Waals surface area (Å²) in [7, 11) is 0. The third-order valence-electron chi connectivity index (χ3n) is 4.08. The van der Waals surface area contributed by atoms with Crippen LogP contribution in [0.1, 0.15) is 38.7 Å². The fraction of sp³-hybridized carbons (Fsp3) is 0.588. The van der Waals surface area contributed by atoms with Gasteiger partial charge in [0.25, 0.3) is 0 Å². The maximum absolute atomic E-state index is 13.6. The minimum absolute atomic E-state index is 0.0447. The lowest BCUT2D eigenvalue weighted by atomic mass is 9.91. The highest BCUT2D eigenvalue weighted by molar-refractivity contribution is 5.74. The number of amides is 2. The number of rotatable bonds is 4. The topological polar surface area (TPSA) is 32.3 Å². The zero-order valence-electron chi connectivity index (χ0n) is 13.2. The molecule has 1 fully saturated rings. The van der Waals surface area contributed by atoms with E-state index in [2.05, 4.69) is 5.32 Å². The number of halogens is 2. The number of nitrogens with zero attached hydrogens (tertiary/aromatic N) is 1. The molecule has 2 amide bonds. The second kappa shape index (κ2) is 7.56. The first kappa shape index (κ1) is 16.7. The van der Waals surface area contributed by atoms with Crippen LogP contribution in [-0.2, 0) is 6.42 Å². The Bertz CT molecular complexity index is 499. The molecule has 122 valence electrons. The van der Waals surface area contributed by atoms with E-state index in [0.717, 1.165) is 19.4 Å². The van der Waals surface area contributed by atoms with Crippen molar-refractivity contribution in [2.75, 3.05) is 13.1 Å². The Labute approximate surface area is 130 Å². The minimum Gasteiger partial charge on any atom is -0.336 e. The molecule has 1 heterocycles. The summed E-state index contributed by atoms with van der Waals surface area (Å²) in [5, 5.41) is 2.89. The van der Waals surface area contributed by atoms with Gasteiger partial charge in [0.1, 0.15) is 11.6 Å². The Morgan fingerprint density at radius 3 is 2.68 bits per heavy atom. The van der Waals surface area contributed by atoms with Crippen LogP contribution in [0.2, 0.25) is 0 Å². The van der Waals surface area contributed by atoms with Crippen LogP contribution in [0.15, 0.2) is 18.2 Å². The van der Waals surface area contributed by atoms with Crippen molar-refractivity contribution in [1.82, 2.24) is 10.2 Å². The van der Waals surface area contributed by atoms with Crippen LogP contribution in [0.3, 0.4) is 0 Å². The van der Waals surface area contributed by atoms with Gasteiger partial charge < -0.3 is 10.2 Å². The summed E-state index contributed by atoms with van der Waals surface area (Å²) in [6, 6.07) is 4.04. The molecule has 1 atom stereocenters. The van der Waals surface area contributed by atoms with E-state index in [4.69, 9.17) is 0 Å². The fourth-order valence-corrected chi connectivity index (χ4v) is 2.94. The number of carbonyl (C=O) groups excluding carboxylic acids is 1. The number of benzene rings is 1. The quantitative estimate of drug-likeness (QED) is 0.903. The lowest BCUT2D eigenvalue weighted by Crippen LogP contribution is -2.47. The zero-order chi connectivity index (χ0) is 16.1. The summed E-state index contributed by atoms with van der Waals surface area (Å²) in [6.07, 6.45) is 3.02. The van der Waals surface area contributed by atoms with E-state index in [-0.39, 0.29) is 17.6 Å². The smallest absolute Gasteiger partial charge is 0.317 e. The number of hydrogen-bond donors (Lipinski definition) is 1. The van der Waals surface area contributed by atoms with Gasteiger partial charge >= 0.3 is 6.03 Å². The highest BCUT2D eigenvalue weighted by Crippen LogP contribution is 2.23.